The lowest BCUT2D eigenvalue weighted by molar-refractivity contribution is 0.248. The molecule has 0 aliphatic heterocycles. The van der Waals surface area contributed by atoms with Gasteiger partial charge in [0.15, 0.2) is 5.75 Å². The van der Waals surface area contributed by atoms with Crippen LogP contribution in [0.15, 0.2) is 17.1 Å². The number of ether oxygens (including phenoxy) is 1. The van der Waals surface area contributed by atoms with Crippen LogP contribution in [0.1, 0.15) is 38.2 Å². The van der Waals surface area contributed by atoms with Gasteiger partial charge in [-0.2, -0.15) is 0 Å². The van der Waals surface area contributed by atoms with Gasteiger partial charge in [-0.15, -0.1) is 0 Å². The second-order valence-corrected chi connectivity index (χ2v) is 6.28. The minimum Gasteiger partial charge on any atom is -0.487 e. The van der Waals surface area contributed by atoms with Crippen LogP contribution in [0.3, 0.4) is 0 Å². The average molecular weight is 334 g/mol. The van der Waals surface area contributed by atoms with Gasteiger partial charge in [0, 0.05) is 7.05 Å². The van der Waals surface area contributed by atoms with Crippen molar-refractivity contribution in [3.63, 3.8) is 0 Å². The smallest absolute Gasteiger partial charge is 0.293 e. The van der Waals surface area contributed by atoms with Crippen LogP contribution in [0.5, 0.6) is 5.75 Å². The van der Waals surface area contributed by atoms with Gasteiger partial charge in [-0.3, -0.25) is 4.79 Å². The van der Waals surface area contributed by atoms with Crippen molar-refractivity contribution in [2.75, 3.05) is 6.61 Å². The lowest BCUT2D eigenvalue weighted by Crippen LogP contribution is -2.23. The molecule has 0 atom stereocenters. The number of aromatic nitrogens is 3. The molecule has 0 aromatic carbocycles. The van der Waals surface area contributed by atoms with Gasteiger partial charge in [0.1, 0.15) is 5.52 Å². The van der Waals surface area contributed by atoms with Gasteiger partial charge in [0.25, 0.3) is 5.56 Å². The van der Waals surface area contributed by atoms with Crippen LogP contribution in [0.2, 0.25) is 5.28 Å². The van der Waals surface area contributed by atoms with E-state index >= 15 is 0 Å². The van der Waals surface area contributed by atoms with E-state index in [9.17, 15) is 4.79 Å². The van der Waals surface area contributed by atoms with Gasteiger partial charge in [-0.05, 0) is 37.3 Å². The zero-order valence-corrected chi connectivity index (χ0v) is 14.1. The molecule has 3 rings (SSSR count). The maximum Gasteiger partial charge on any atom is 0.293 e. The van der Waals surface area contributed by atoms with E-state index in [1.165, 1.54) is 30.3 Å². The maximum absolute atomic E-state index is 12.7. The van der Waals surface area contributed by atoms with Gasteiger partial charge >= 0.3 is 0 Å². The molecule has 1 saturated carbocycles. The Labute approximate surface area is 140 Å². The first kappa shape index (κ1) is 16.0. The molecule has 1 aliphatic rings. The summed E-state index contributed by atoms with van der Waals surface area (Å²) in [6.07, 6.45) is 10.1. The van der Waals surface area contributed by atoms with E-state index in [2.05, 4.69) is 9.97 Å². The Morgan fingerprint density at radius 3 is 2.87 bits per heavy atom. The summed E-state index contributed by atoms with van der Waals surface area (Å²) in [5.41, 5.74) is 1.77. The van der Waals surface area contributed by atoms with Gasteiger partial charge in [-0.1, -0.05) is 25.0 Å². The van der Waals surface area contributed by atoms with Crippen molar-refractivity contribution in [3.05, 3.63) is 33.5 Å². The fourth-order valence-electron chi connectivity index (χ4n) is 3.12. The van der Waals surface area contributed by atoms with Crippen LogP contribution in [0.25, 0.3) is 17.1 Å². The number of halogens is 1. The summed E-state index contributed by atoms with van der Waals surface area (Å²) in [7, 11) is 1.70. The summed E-state index contributed by atoms with van der Waals surface area (Å²) in [6, 6.07) is 0. The molecule has 0 spiro atoms. The second kappa shape index (κ2) is 6.71. The molecule has 0 bridgehead atoms. The zero-order valence-electron chi connectivity index (χ0n) is 13.4. The first-order valence-electron chi connectivity index (χ1n) is 7.92. The fourth-order valence-corrected chi connectivity index (χ4v) is 3.25. The monoisotopic (exact) mass is 333 g/mol. The highest BCUT2D eigenvalue weighted by atomic mass is 35.5. The van der Waals surface area contributed by atoms with Crippen LogP contribution in [0.4, 0.5) is 0 Å². The number of nitrogens with zero attached hydrogens (tertiary/aromatic N) is 3. The van der Waals surface area contributed by atoms with Crippen molar-refractivity contribution in [1.29, 1.82) is 0 Å². The number of hydrogen-bond acceptors (Lipinski definition) is 4. The van der Waals surface area contributed by atoms with Crippen molar-refractivity contribution in [3.8, 4) is 5.75 Å². The predicted molar refractivity (Wildman–Crippen MR) is 92.0 cm³/mol. The molecule has 23 heavy (non-hydrogen) atoms. The van der Waals surface area contributed by atoms with E-state index in [-0.39, 0.29) is 10.8 Å². The molecular weight excluding hydrogens is 314 g/mol. The van der Waals surface area contributed by atoms with Crippen LogP contribution in [-0.2, 0) is 7.05 Å². The largest absolute Gasteiger partial charge is 0.487 e. The summed E-state index contributed by atoms with van der Waals surface area (Å²) in [4.78, 5) is 21.0. The third-order valence-electron chi connectivity index (χ3n) is 4.37. The number of fused-ring (bicyclic) bond motifs is 1. The Balaban J connectivity index is 2.12. The standard InChI is InChI=1S/C17H20ClN3O2/c1-3-6-12-14-13(9-19-17(18)20-14)21(2)16(22)15(12)23-10-11-7-4-5-8-11/h3,6,9,11H,4-5,7-8,10H2,1-2H3/b6-3+. The predicted octanol–water partition coefficient (Wildman–Crippen LogP) is 3.58. The Morgan fingerprint density at radius 1 is 1.43 bits per heavy atom. The van der Waals surface area contributed by atoms with Gasteiger partial charge in [-0.25, -0.2) is 9.97 Å². The molecule has 1 fully saturated rings. The lowest BCUT2D eigenvalue weighted by Gasteiger charge is -2.16. The van der Waals surface area contributed by atoms with Crippen LogP contribution in [-0.4, -0.2) is 21.1 Å². The Hall–Kier alpha value is -1.88. The van der Waals surface area contributed by atoms with Gasteiger partial charge in [0.05, 0.1) is 23.9 Å². The van der Waals surface area contributed by atoms with Crippen LogP contribution in [0, 0.1) is 5.92 Å². The van der Waals surface area contributed by atoms with E-state index in [4.69, 9.17) is 16.3 Å². The molecule has 2 aromatic rings. The molecule has 122 valence electrons. The first-order chi connectivity index (χ1) is 11.1. The lowest BCUT2D eigenvalue weighted by atomic mass is 10.1. The molecule has 0 unspecified atom stereocenters. The number of pyridine rings is 1. The highest BCUT2D eigenvalue weighted by molar-refractivity contribution is 6.28. The number of rotatable bonds is 4. The van der Waals surface area contributed by atoms with Crippen molar-refractivity contribution in [2.45, 2.75) is 32.6 Å². The summed E-state index contributed by atoms with van der Waals surface area (Å²) < 4.78 is 7.46. The third kappa shape index (κ3) is 3.11. The van der Waals surface area contributed by atoms with Crippen molar-refractivity contribution >= 4 is 28.7 Å². The minimum absolute atomic E-state index is 0.156. The molecule has 2 aromatic heterocycles. The molecule has 2 heterocycles. The van der Waals surface area contributed by atoms with Crippen LogP contribution >= 0.6 is 11.6 Å². The molecule has 0 saturated heterocycles. The molecule has 0 N–H and O–H groups in total. The van der Waals surface area contributed by atoms with Gasteiger partial charge in [0.2, 0.25) is 5.28 Å². The number of aryl methyl sites for hydroxylation is 1. The molecule has 5 nitrogen and oxygen atoms in total. The summed E-state index contributed by atoms with van der Waals surface area (Å²) >= 11 is 5.94. The fraction of sp³-hybridized carbons (Fsp3) is 0.471. The zero-order chi connectivity index (χ0) is 16.4. The Bertz CT molecular complexity index is 808. The average Bonchev–Trinajstić information content (AvgIpc) is 3.05. The van der Waals surface area contributed by atoms with Crippen LogP contribution < -0.4 is 10.3 Å². The summed E-state index contributed by atoms with van der Waals surface area (Å²) in [5, 5.41) is 0.156. The molecular formula is C17H20ClN3O2. The maximum atomic E-state index is 12.7. The van der Waals surface area contributed by atoms with E-state index < -0.39 is 0 Å². The number of hydrogen-bond donors (Lipinski definition) is 0. The van der Waals surface area contributed by atoms with E-state index in [0.29, 0.717) is 34.9 Å². The van der Waals surface area contributed by atoms with Crippen molar-refractivity contribution in [1.82, 2.24) is 14.5 Å². The van der Waals surface area contributed by atoms with Crippen molar-refractivity contribution < 1.29 is 4.74 Å². The Kier molecular flexibility index (Phi) is 4.66. The highest BCUT2D eigenvalue weighted by Gasteiger charge is 2.20. The van der Waals surface area contributed by atoms with E-state index in [1.54, 1.807) is 13.2 Å². The quantitative estimate of drug-likeness (QED) is 0.802. The molecule has 0 amide bonds. The number of allylic oxidation sites excluding steroid dienone is 1. The molecule has 0 radical (unpaired) electrons. The Morgan fingerprint density at radius 2 is 2.17 bits per heavy atom. The van der Waals surface area contributed by atoms with Crippen molar-refractivity contribution in [2.24, 2.45) is 13.0 Å². The first-order valence-corrected chi connectivity index (χ1v) is 8.30. The summed E-state index contributed by atoms with van der Waals surface area (Å²) in [5.74, 6) is 0.877. The SMILES string of the molecule is C/C=C/c1c(OCC2CCCC2)c(=O)n(C)c2cnc(Cl)nc12. The molecule has 6 heteroatoms. The second-order valence-electron chi connectivity index (χ2n) is 5.94. The van der Waals surface area contributed by atoms with Gasteiger partial charge < -0.3 is 9.30 Å². The normalized spacial score (nSPS) is 15.8. The minimum atomic E-state index is -0.172. The van der Waals surface area contributed by atoms with E-state index in [1.807, 2.05) is 19.1 Å². The van der Waals surface area contributed by atoms with E-state index in [0.717, 1.165) is 0 Å². The summed E-state index contributed by atoms with van der Waals surface area (Å²) in [6.45, 7) is 2.47. The topological polar surface area (TPSA) is 57.0 Å². The molecule has 1 aliphatic carbocycles. The third-order valence-corrected chi connectivity index (χ3v) is 4.55. The highest BCUT2D eigenvalue weighted by Crippen LogP contribution is 2.28.